The van der Waals surface area contributed by atoms with Gasteiger partial charge in [-0.3, -0.25) is 9.59 Å². The van der Waals surface area contributed by atoms with Crippen molar-refractivity contribution in [3.63, 3.8) is 0 Å². The highest BCUT2D eigenvalue weighted by atomic mass is 16.5. The fraction of sp³-hybridized carbons (Fsp3) is 0.357. The maximum absolute atomic E-state index is 12.0. The van der Waals surface area contributed by atoms with E-state index in [1.165, 1.54) is 12.4 Å². The zero-order chi connectivity index (χ0) is 14.5. The van der Waals surface area contributed by atoms with Gasteiger partial charge in [-0.25, -0.2) is 9.98 Å². The van der Waals surface area contributed by atoms with Crippen LogP contribution in [0.25, 0.3) is 0 Å². The Hall–Kier alpha value is -2.21. The van der Waals surface area contributed by atoms with Gasteiger partial charge in [-0.1, -0.05) is 6.92 Å². The van der Waals surface area contributed by atoms with Crippen molar-refractivity contribution in [1.29, 1.82) is 0 Å². The number of hydrogen-bond donors (Lipinski definition) is 0. The molecular weight excluding hydrogens is 258 g/mol. The van der Waals surface area contributed by atoms with Gasteiger partial charge in [0.25, 0.3) is 11.8 Å². The third kappa shape index (κ3) is 3.03. The molecule has 1 aliphatic heterocycles. The van der Waals surface area contributed by atoms with Gasteiger partial charge in [0.1, 0.15) is 12.4 Å². The molecule has 0 N–H and O–H groups in total. The minimum Gasteiger partial charge on any atom is -0.369 e. The van der Waals surface area contributed by atoms with Crippen molar-refractivity contribution in [2.75, 3.05) is 6.61 Å². The fourth-order valence-corrected chi connectivity index (χ4v) is 1.85. The number of ether oxygens (including phenoxy) is 1. The molecule has 0 fully saturated rings. The normalized spacial score (nSPS) is 20.5. The molecule has 0 saturated heterocycles. The van der Waals surface area contributed by atoms with E-state index in [9.17, 15) is 9.59 Å². The topological polar surface area (TPSA) is 80.4 Å². The summed E-state index contributed by atoms with van der Waals surface area (Å²) >= 11 is 0. The smallest absolute Gasteiger partial charge is 0.280 e. The van der Waals surface area contributed by atoms with Gasteiger partial charge >= 0.3 is 0 Å². The molecule has 2 aliphatic rings. The Balaban J connectivity index is 2.21. The number of allylic oxidation sites excluding steroid dienone is 3. The molecule has 0 saturated carbocycles. The minimum atomic E-state index is -0.547. The SMILES string of the molecule is CCOC(CC)C(=O)N=C1C=CC2=NC=NC(=O)C2=C1. The Labute approximate surface area is 116 Å². The molecule has 1 unspecified atom stereocenters. The van der Waals surface area contributed by atoms with Gasteiger partial charge in [0.2, 0.25) is 0 Å². The molecule has 1 aliphatic carbocycles. The summed E-state index contributed by atoms with van der Waals surface area (Å²) in [7, 11) is 0. The van der Waals surface area contributed by atoms with Gasteiger partial charge in [-0.2, -0.15) is 4.99 Å². The third-order valence-corrected chi connectivity index (χ3v) is 2.84. The van der Waals surface area contributed by atoms with Crippen LogP contribution in [0.2, 0.25) is 0 Å². The lowest BCUT2D eigenvalue weighted by molar-refractivity contribution is -0.129. The highest BCUT2D eigenvalue weighted by Crippen LogP contribution is 2.13. The van der Waals surface area contributed by atoms with Gasteiger partial charge in [-0.15, -0.1) is 0 Å². The summed E-state index contributed by atoms with van der Waals surface area (Å²) in [6, 6.07) is 0. The summed E-state index contributed by atoms with van der Waals surface area (Å²) in [5.41, 5.74) is 1.30. The lowest BCUT2D eigenvalue weighted by atomic mass is 10.0. The van der Waals surface area contributed by atoms with E-state index in [4.69, 9.17) is 4.74 Å². The Kier molecular flexibility index (Phi) is 4.47. The monoisotopic (exact) mass is 273 g/mol. The first-order valence-corrected chi connectivity index (χ1v) is 6.44. The molecular formula is C14H15N3O3. The van der Waals surface area contributed by atoms with E-state index in [-0.39, 0.29) is 11.8 Å². The minimum absolute atomic E-state index is 0.349. The van der Waals surface area contributed by atoms with E-state index >= 15 is 0 Å². The standard InChI is InChI=1S/C14H15N3O3/c1-3-12(20-4-2)14(19)17-9-5-6-11-10(7-9)13(18)16-8-15-11/h5-8,12H,3-4H2,1-2H3. The average Bonchev–Trinajstić information content (AvgIpc) is 2.45. The van der Waals surface area contributed by atoms with Gasteiger partial charge in [-0.05, 0) is 31.6 Å². The van der Waals surface area contributed by atoms with Crippen molar-refractivity contribution in [1.82, 2.24) is 0 Å². The van der Waals surface area contributed by atoms with Crippen molar-refractivity contribution in [3.8, 4) is 0 Å². The van der Waals surface area contributed by atoms with Crippen molar-refractivity contribution in [2.24, 2.45) is 15.0 Å². The molecule has 1 atom stereocenters. The van der Waals surface area contributed by atoms with Crippen LogP contribution in [0.5, 0.6) is 0 Å². The maximum Gasteiger partial charge on any atom is 0.280 e. The van der Waals surface area contributed by atoms with E-state index in [0.29, 0.717) is 30.0 Å². The van der Waals surface area contributed by atoms with Crippen LogP contribution in [-0.4, -0.2) is 42.3 Å². The summed E-state index contributed by atoms with van der Waals surface area (Å²) in [4.78, 5) is 35.1. The number of carbonyl (C=O) groups excluding carboxylic acids is 2. The molecule has 2 rings (SSSR count). The highest BCUT2D eigenvalue weighted by molar-refractivity contribution is 6.36. The summed E-state index contributed by atoms with van der Waals surface area (Å²) < 4.78 is 5.31. The number of nitrogens with zero attached hydrogens (tertiary/aromatic N) is 3. The lowest BCUT2D eigenvalue weighted by Gasteiger charge is -2.13. The summed E-state index contributed by atoms with van der Waals surface area (Å²) in [6.07, 6.45) is 6.04. The number of aliphatic imine (C=N–C) groups is 3. The number of carbonyl (C=O) groups is 2. The van der Waals surface area contributed by atoms with E-state index in [0.717, 1.165) is 0 Å². The second-order valence-electron chi connectivity index (χ2n) is 4.18. The van der Waals surface area contributed by atoms with Crippen LogP contribution in [0, 0.1) is 0 Å². The number of rotatable bonds is 4. The molecule has 0 aromatic heterocycles. The van der Waals surface area contributed by atoms with Crippen LogP contribution in [0.4, 0.5) is 0 Å². The Bertz CT molecular complexity index is 582. The maximum atomic E-state index is 12.0. The highest BCUT2D eigenvalue weighted by Gasteiger charge is 2.21. The third-order valence-electron chi connectivity index (χ3n) is 2.84. The van der Waals surface area contributed by atoms with Crippen molar-refractivity contribution < 1.29 is 14.3 Å². The molecule has 20 heavy (non-hydrogen) atoms. The zero-order valence-corrected chi connectivity index (χ0v) is 11.4. The van der Waals surface area contributed by atoms with Crippen LogP contribution < -0.4 is 0 Å². The predicted molar refractivity (Wildman–Crippen MR) is 76.3 cm³/mol. The fourth-order valence-electron chi connectivity index (χ4n) is 1.85. The molecule has 0 bridgehead atoms. The van der Waals surface area contributed by atoms with Crippen molar-refractivity contribution in [2.45, 2.75) is 26.4 Å². The van der Waals surface area contributed by atoms with Gasteiger partial charge in [0.15, 0.2) is 0 Å². The Morgan fingerprint density at radius 3 is 2.90 bits per heavy atom. The molecule has 6 nitrogen and oxygen atoms in total. The Morgan fingerprint density at radius 2 is 2.20 bits per heavy atom. The summed E-state index contributed by atoms with van der Waals surface area (Å²) in [5, 5.41) is 0. The van der Waals surface area contributed by atoms with Crippen LogP contribution in [-0.2, 0) is 14.3 Å². The van der Waals surface area contributed by atoms with Gasteiger partial charge in [0, 0.05) is 6.61 Å². The molecule has 104 valence electrons. The molecule has 2 amide bonds. The molecule has 1 heterocycles. The first-order chi connectivity index (χ1) is 9.65. The van der Waals surface area contributed by atoms with E-state index in [1.807, 2.05) is 13.8 Å². The molecule has 0 aromatic rings. The number of amides is 2. The molecule has 6 heteroatoms. The number of hydrogen-bond acceptors (Lipinski definition) is 4. The van der Waals surface area contributed by atoms with Crippen LogP contribution in [0.1, 0.15) is 20.3 Å². The second kappa shape index (κ2) is 6.29. The van der Waals surface area contributed by atoms with Crippen molar-refractivity contribution >= 4 is 29.6 Å². The second-order valence-corrected chi connectivity index (χ2v) is 4.18. The van der Waals surface area contributed by atoms with Crippen LogP contribution >= 0.6 is 0 Å². The predicted octanol–water partition coefficient (Wildman–Crippen LogP) is 1.27. The van der Waals surface area contributed by atoms with E-state index in [2.05, 4.69) is 15.0 Å². The summed E-state index contributed by atoms with van der Waals surface area (Å²) in [6.45, 7) is 4.14. The first-order valence-electron chi connectivity index (χ1n) is 6.44. The van der Waals surface area contributed by atoms with Gasteiger partial charge in [0.05, 0.1) is 17.0 Å². The van der Waals surface area contributed by atoms with Crippen molar-refractivity contribution in [3.05, 3.63) is 23.8 Å². The summed E-state index contributed by atoms with van der Waals surface area (Å²) in [5.74, 6) is -0.727. The number of fused-ring (bicyclic) bond motifs is 1. The lowest BCUT2D eigenvalue weighted by Crippen LogP contribution is -2.24. The average molecular weight is 273 g/mol. The largest absolute Gasteiger partial charge is 0.369 e. The van der Waals surface area contributed by atoms with Crippen LogP contribution in [0.15, 0.2) is 38.8 Å². The Morgan fingerprint density at radius 1 is 1.40 bits per heavy atom. The van der Waals surface area contributed by atoms with E-state index in [1.54, 1.807) is 12.2 Å². The zero-order valence-electron chi connectivity index (χ0n) is 11.4. The van der Waals surface area contributed by atoms with E-state index < -0.39 is 6.10 Å². The van der Waals surface area contributed by atoms with Crippen LogP contribution in [0.3, 0.4) is 0 Å². The molecule has 0 aromatic carbocycles. The van der Waals surface area contributed by atoms with Gasteiger partial charge < -0.3 is 4.74 Å². The molecule has 0 radical (unpaired) electrons. The first kappa shape index (κ1) is 14.2. The molecule has 0 spiro atoms. The quantitative estimate of drug-likeness (QED) is 0.723.